The molecule has 0 bridgehead atoms. The van der Waals surface area contributed by atoms with Crippen LogP contribution in [0.4, 0.5) is 13.2 Å². The minimum absolute atomic E-state index is 0.438. The van der Waals surface area contributed by atoms with Crippen molar-refractivity contribution in [2.45, 2.75) is 61.1 Å². The van der Waals surface area contributed by atoms with Crippen LogP contribution in [0, 0.1) is 6.92 Å². The number of carbonyl (C=O) groups is 1. The minimum atomic E-state index is -5.01. The topological polar surface area (TPSA) is 95.5 Å². The molecule has 1 aliphatic rings. The molecule has 1 amide bonds. The number of carbonyl (C=O) groups excluding carboxylic acids is 1. The standard InChI is InChI=1S/C22H24BrF3N2O4S/c1-13-5-8-18(29)19(9-13)33(31,32)28-20(22(24,25)26)11-21(30)27-17-4-2-3-15-10-14(12-23)6-7-16(15)17/h5-10,17,20,28-29H,2-4,11-12H2,1H3,(H,27,30)/t17-,20-/m1/s1. The monoisotopic (exact) mass is 548 g/mol. The molecule has 0 spiro atoms. The second-order valence-electron chi connectivity index (χ2n) is 8.07. The highest BCUT2D eigenvalue weighted by molar-refractivity contribution is 9.08. The van der Waals surface area contributed by atoms with E-state index in [0.29, 0.717) is 17.3 Å². The van der Waals surface area contributed by atoms with Crippen molar-refractivity contribution in [3.63, 3.8) is 0 Å². The molecule has 0 heterocycles. The molecule has 2 aromatic rings. The Labute approximate surface area is 198 Å². The summed E-state index contributed by atoms with van der Waals surface area (Å²) in [6.07, 6.45) is -3.98. The molecule has 2 aromatic carbocycles. The smallest absolute Gasteiger partial charge is 0.405 e. The molecular formula is C22H24BrF3N2O4S. The minimum Gasteiger partial charge on any atom is -0.507 e. The first-order chi connectivity index (χ1) is 15.4. The van der Waals surface area contributed by atoms with Crippen LogP contribution in [0.25, 0.3) is 0 Å². The highest BCUT2D eigenvalue weighted by atomic mass is 79.9. The third-order valence-corrected chi connectivity index (χ3v) is 7.65. The maximum atomic E-state index is 13.6. The molecule has 33 heavy (non-hydrogen) atoms. The second kappa shape index (κ2) is 10.0. The van der Waals surface area contributed by atoms with Crippen LogP contribution in [0.5, 0.6) is 5.75 Å². The summed E-state index contributed by atoms with van der Waals surface area (Å²) < 4.78 is 67.5. The Kier molecular flexibility index (Phi) is 7.75. The molecule has 11 heteroatoms. The lowest BCUT2D eigenvalue weighted by atomic mass is 9.86. The van der Waals surface area contributed by atoms with Gasteiger partial charge in [0.2, 0.25) is 15.9 Å². The molecule has 3 N–H and O–H groups in total. The van der Waals surface area contributed by atoms with Gasteiger partial charge in [-0.05, 0) is 60.6 Å². The first-order valence-corrected chi connectivity index (χ1v) is 12.9. The molecule has 6 nitrogen and oxygen atoms in total. The van der Waals surface area contributed by atoms with Crippen molar-refractivity contribution < 1.29 is 31.5 Å². The van der Waals surface area contributed by atoms with E-state index >= 15 is 0 Å². The number of phenolic OH excluding ortho intramolecular Hbond substituents is 1. The number of nitrogens with one attached hydrogen (secondary N) is 2. The van der Waals surface area contributed by atoms with Gasteiger partial charge in [0.05, 0.1) is 12.5 Å². The number of halogens is 4. The Bertz CT molecular complexity index is 1140. The molecule has 0 aromatic heterocycles. The van der Waals surface area contributed by atoms with Crippen molar-refractivity contribution >= 4 is 31.9 Å². The predicted octanol–water partition coefficient (Wildman–Crippen LogP) is 4.39. The zero-order valence-corrected chi connectivity index (χ0v) is 20.1. The second-order valence-corrected chi connectivity index (χ2v) is 10.3. The average Bonchev–Trinajstić information content (AvgIpc) is 2.74. The van der Waals surface area contributed by atoms with Crippen LogP contribution in [-0.2, 0) is 26.6 Å². The fourth-order valence-corrected chi connectivity index (χ4v) is 5.60. The Morgan fingerprint density at radius 1 is 1.24 bits per heavy atom. The fourth-order valence-electron chi connectivity index (χ4n) is 3.85. The van der Waals surface area contributed by atoms with E-state index in [1.165, 1.54) is 13.0 Å². The summed E-state index contributed by atoms with van der Waals surface area (Å²) in [4.78, 5) is 11.9. The number of sulfonamides is 1. The van der Waals surface area contributed by atoms with Crippen molar-refractivity contribution in [1.82, 2.24) is 10.0 Å². The van der Waals surface area contributed by atoms with E-state index in [2.05, 4.69) is 21.2 Å². The maximum Gasteiger partial charge on any atom is 0.405 e. The van der Waals surface area contributed by atoms with Crippen LogP contribution >= 0.6 is 15.9 Å². The highest BCUT2D eigenvalue weighted by Crippen LogP contribution is 2.32. The maximum absolute atomic E-state index is 13.6. The van der Waals surface area contributed by atoms with Gasteiger partial charge in [-0.2, -0.15) is 17.9 Å². The summed E-state index contributed by atoms with van der Waals surface area (Å²) in [6.45, 7) is 1.54. The third-order valence-electron chi connectivity index (χ3n) is 5.50. The summed E-state index contributed by atoms with van der Waals surface area (Å²) in [5.41, 5.74) is 3.39. The van der Waals surface area contributed by atoms with E-state index < -0.39 is 51.3 Å². The highest BCUT2D eigenvalue weighted by Gasteiger charge is 2.44. The van der Waals surface area contributed by atoms with Gasteiger partial charge >= 0.3 is 6.18 Å². The third kappa shape index (κ3) is 6.27. The van der Waals surface area contributed by atoms with Crippen LogP contribution < -0.4 is 10.0 Å². The van der Waals surface area contributed by atoms with Gasteiger partial charge in [0.25, 0.3) is 0 Å². The van der Waals surface area contributed by atoms with Crippen LogP contribution in [0.1, 0.15) is 47.6 Å². The molecule has 0 saturated heterocycles. The molecule has 180 valence electrons. The van der Waals surface area contributed by atoms with Gasteiger partial charge in [-0.3, -0.25) is 4.79 Å². The summed E-state index contributed by atoms with van der Waals surface area (Å²) in [5.74, 6) is -1.60. The Hall–Kier alpha value is -2.11. The number of aromatic hydroxyl groups is 1. The van der Waals surface area contributed by atoms with E-state index in [0.717, 1.165) is 41.7 Å². The molecule has 3 rings (SSSR count). The van der Waals surface area contributed by atoms with Crippen molar-refractivity contribution in [3.8, 4) is 5.75 Å². The zero-order valence-electron chi connectivity index (χ0n) is 17.7. The number of phenols is 1. The zero-order chi connectivity index (χ0) is 24.4. The Morgan fingerprint density at radius 2 is 1.97 bits per heavy atom. The van der Waals surface area contributed by atoms with Gasteiger partial charge in [0.15, 0.2) is 0 Å². The number of amides is 1. The van der Waals surface area contributed by atoms with E-state index in [4.69, 9.17) is 0 Å². The van der Waals surface area contributed by atoms with Crippen LogP contribution in [-0.4, -0.2) is 31.6 Å². The van der Waals surface area contributed by atoms with Crippen LogP contribution in [0.2, 0.25) is 0 Å². The van der Waals surface area contributed by atoms with Gasteiger partial charge in [0, 0.05) is 5.33 Å². The number of fused-ring (bicyclic) bond motifs is 1. The molecule has 0 saturated carbocycles. The van der Waals surface area contributed by atoms with Crippen molar-refractivity contribution in [2.24, 2.45) is 0 Å². The van der Waals surface area contributed by atoms with Gasteiger partial charge in [-0.25, -0.2) is 8.42 Å². The normalized spacial score (nSPS) is 17.3. The predicted molar refractivity (Wildman–Crippen MR) is 121 cm³/mol. The quantitative estimate of drug-likeness (QED) is 0.447. The Balaban J connectivity index is 1.77. The SMILES string of the molecule is Cc1ccc(O)c(S(=O)(=O)N[C@H](CC(=O)N[C@@H]2CCCc3cc(CBr)ccc32)C(F)(F)F)c1. The van der Waals surface area contributed by atoms with Gasteiger partial charge in [-0.1, -0.05) is 40.2 Å². The molecule has 1 aliphatic carbocycles. The summed E-state index contributed by atoms with van der Waals surface area (Å²) in [6, 6.07) is 6.22. The largest absolute Gasteiger partial charge is 0.507 e. The summed E-state index contributed by atoms with van der Waals surface area (Å²) in [5, 5.41) is 13.1. The van der Waals surface area contributed by atoms with E-state index in [-0.39, 0.29) is 0 Å². The molecule has 0 aliphatic heterocycles. The van der Waals surface area contributed by atoms with Crippen molar-refractivity contribution in [2.75, 3.05) is 0 Å². The van der Waals surface area contributed by atoms with Crippen molar-refractivity contribution in [3.05, 3.63) is 58.7 Å². The molecule has 2 atom stereocenters. The first-order valence-electron chi connectivity index (χ1n) is 10.3. The summed E-state index contributed by atoms with van der Waals surface area (Å²) >= 11 is 3.39. The van der Waals surface area contributed by atoms with Gasteiger partial charge in [0.1, 0.15) is 16.7 Å². The van der Waals surface area contributed by atoms with E-state index in [1.54, 1.807) is 4.72 Å². The molecule has 0 fully saturated rings. The number of hydrogen-bond acceptors (Lipinski definition) is 4. The lowest BCUT2D eigenvalue weighted by Gasteiger charge is -2.28. The molecular weight excluding hydrogens is 525 g/mol. The number of benzene rings is 2. The van der Waals surface area contributed by atoms with Crippen molar-refractivity contribution in [1.29, 1.82) is 0 Å². The lowest BCUT2D eigenvalue weighted by Crippen LogP contribution is -2.48. The molecule has 0 unspecified atom stereocenters. The lowest BCUT2D eigenvalue weighted by molar-refractivity contribution is -0.158. The number of hydrogen-bond donors (Lipinski definition) is 3. The average molecular weight is 549 g/mol. The van der Waals surface area contributed by atoms with Gasteiger partial charge in [-0.15, -0.1) is 0 Å². The van der Waals surface area contributed by atoms with Crippen LogP contribution in [0.15, 0.2) is 41.3 Å². The van der Waals surface area contributed by atoms with E-state index in [9.17, 15) is 31.5 Å². The van der Waals surface area contributed by atoms with E-state index in [1.807, 2.05) is 18.2 Å². The summed E-state index contributed by atoms with van der Waals surface area (Å²) in [7, 11) is -4.74. The molecule has 0 radical (unpaired) electrons. The number of aryl methyl sites for hydroxylation is 2. The van der Waals surface area contributed by atoms with Crippen LogP contribution in [0.3, 0.4) is 0 Å². The van der Waals surface area contributed by atoms with Gasteiger partial charge < -0.3 is 10.4 Å². The number of alkyl halides is 4. The first kappa shape index (κ1) is 25.5. The fraction of sp³-hybridized carbons (Fsp3) is 0.409. The Morgan fingerprint density at radius 3 is 2.64 bits per heavy atom. The number of rotatable bonds is 7.